The molecule has 2 rings (SSSR count). The molecule has 2 aromatic carbocycles. The summed E-state index contributed by atoms with van der Waals surface area (Å²) in [7, 11) is 1.46. The summed E-state index contributed by atoms with van der Waals surface area (Å²) in [5.74, 6) is -1.85. The lowest BCUT2D eigenvalue weighted by molar-refractivity contribution is 0.102. The largest absolute Gasteiger partial charge is 0.495 e. The molecule has 5 heteroatoms. The highest BCUT2D eigenvalue weighted by Crippen LogP contribution is 2.24. The van der Waals surface area contributed by atoms with Gasteiger partial charge >= 0.3 is 0 Å². The van der Waals surface area contributed by atoms with Gasteiger partial charge in [0.15, 0.2) is 0 Å². The van der Waals surface area contributed by atoms with Crippen molar-refractivity contribution in [1.82, 2.24) is 0 Å². The van der Waals surface area contributed by atoms with Crippen LogP contribution >= 0.6 is 0 Å². The zero-order chi connectivity index (χ0) is 13.8. The number of benzene rings is 2. The van der Waals surface area contributed by atoms with Gasteiger partial charge < -0.3 is 10.1 Å². The molecule has 0 heterocycles. The first-order valence-electron chi connectivity index (χ1n) is 5.51. The third-order valence-corrected chi connectivity index (χ3v) is 2.53. The molecule has 0 aliphatic rings. The van der Waals surface area contributed by atoms with Gasteiger partial charge in [-0.1, -0.05) is 12.1 Å². The predicted molar refractivity (Wildman–Crippen MR) is 67.3 cm³/mol. The van der Waals surface area contributed by atoms with Crippen molar-refractivity contribution < 1.29 is 18.3 Å². The van der Waals surface area contributed by atoms with Gasteiger partial charge in [0.1, 0.15) is 17.4 Å². The predicted octanol–water partition coefficient (Wildman–Crippen LogP) is 3.23. The lowest BCUT2D eigenvalue weighted by atomic mass is 10.2. The van der Waals surface area contributed by atoms with Crippen LogP contribution < -0.4 is 10.1 Å². The van der Waals surface area contributed by atoms with Crippen molar-refractivity contribution in [2.24, 2.45) is 0 Å². The summed E-state index contributed by atoms with van der Waals surface area (Å²) >= 11 is 0. The zero-order valence-corrected chi connectivity index (χ0v) is 10.1. The van der Waals surface area contributed by atoms with Gasteiger partial charge in [-0.05, 0) is 24.3 Å². The summed E-state index contributed by atoms with van der Waals surface area (Å²) in [6.45, 7) is 0. The highest BCUT2D eigenvalue weighted by Gasteiger charge is 2.14. The average Bonchev–Trinajstić information content (AvgIpc) is 2.39. The highest BCUT2D eigenvalue weighted by molar-refractivity contribution is 6.05. The maximum Gasteiger partial charge on any atom is 0.258 e. The van der Waals surface area contributed by atoms with Crippen LogP contribution in [0.3, 0.4) is 0 Å². The van der Waals surface area contributed by atoms with Gasteiger partial charge in [-0.2, -0.15) is 0 Å². The van der Waals surface area contributed by atoms with Crippen molar-refractivity contribution in [3.8, 4) is 5.75 Å². The van der Waals surface area contributed by atoms with E-state index in [1.807, 2.05) is 0 Å². The molecule has 3 nitrogen and oxygen atoms in total. The first-order chi connectivity index (χ1) is 9.11. The maximum absolute atomic E-state index is 13.5. The first-order valence-corrected chi connectivity index (χ1v) is 5.51. The fourth-order valence-corrected chi connectivity index (χ4v) is 1.61. The van der Waals surface area contributed by atoms with E-state index in [2.05, 4.69) is 5.32 Å². The van der Waals surface area contributed by atoms with Crippen LogP contribution in [-0.2, 0) is 0 Å². The van der Waals surface area contributed by atoms with Crippen LogP contribution in [0.5, 0.6) is 5.75 Å². The van der Waals surface area contributed by atoms with Gasteiger partial charge in [-0.25, -0.2) is 8.78 Å². The quantitative estimate of drug-likeness (QED) is 0.923. The van der Waals surface area contributed by atoms with Crippen molar-refractivity contribution in [3.63, 3.8) is 0 Å². The van der Waals surface area contributed by atoms with Gasteiger partial charge in [0.05, 0.1) is 18.4 Å². The number of amides is 1. The Morgan fingerprint density at radius 3 is 2.58 bits per heavy atom. The molecule has 98 valence electrons. The Bertz CT molecular complexity index is 614. The molecule has 0 fully saturated rings. The van der Waals surface area contributed by atoms with Gasteiger partial charge in [0.2, 0.25) is 0 Å². The number of para-hydroxylation sites is 2. The third kappa shape index (κ3) is 2.88. The highest BCUT2D eigenvalue weighted by atomic mass is 19.1. The number of ether oxygens (including phenoxy) is 1. The van der Waals surface area contributed by atoms with E-state index in [1.165, 1.54) is 7.11 Å². The molecule has 0 bridgehead atoms. The van der Waals surface area contributed by atoms with Crippen molar-refractivity contribution >= 4 is 11.6 Å². The number of rotatable bonds is 3. The fraction of sp³-hybridized carbons (Fsp3) is 0.0714. The van der Waals surface area contributed by atoms with E-state index in [4.69, 9.17) is 4.74 Å². The van der Waals surface area contributed by atoms with Crippen molar-refractivity contribution in [2.45, 2.75) is 0 Å². The number of methoxy groups -OCH3 is 1. The van der Waals surface area contributed by atoms with E-state index in [0.29, 0.717) is 17.5 Å². The maximum atomic E-state index is 13.5. The average molecular weight is 263 g/mol. The van der Waals surface area contributed by atoms with Crippen LogP contribution in [0.1, 0.15) is 10.4 Å². The van der Waals surface area contributed by atoms with Crippen molar-refractivity contribution in [3.05, 3.63) is 59.7 Å². The van der Waals surface area contributed by atoms with Crippen LogP contribution in [0, 0.1) is 11.6 Å². The minimum Gasteiger partial charge on any atom is -0.495 e. The molecule has 2 aromatic rings. The molecule has 0 atom stereocenters. The third-order valence-electron chi connectivity index (χ3n) is 2.53. The van der Waals surface area contributed by atoms with Crippen LogP contribution in [0.15, 0.2) is 42.5 Å². The summed E-state index contributed by atoms with van der Waals surface area (Å²) in [5, 5.41) is 2.51. The van der Waals surface area contributed by atoms with E-state index in [1.54, 1.807) is 24.3 Å². The van der Waals surface area contributed by atoms with E-state index < -0.39 is 17.5 Å². The second kappa shape index (κ2) is 5.48. The lowest BCUT2D eigenvalue weighted by Gasteiger charge is -2.10. The molecule has 0 aromatic heterocycles. The Balaban J connectivity index is 2.26. The van der Waals surface area contributed by atoms with Crippen LogP contribution in [-0.4, -0.2) is 13.0 Å². The molecule has 0 saturated heterocycles. The Labute approximate surface area is 108 Å². The zero-order valence-electron chi connectivity index (χ0n) is 10.1. The Morgan fingerprint density at radius 1 is 1.16 bits per heavy atom. The minimum atomic E-state index is -0.910. The van der Waals surface area contributed by atoms with Crippen LogP contribution in [0.25, 0.3) is 0 Å². The summed E-state index contributed by atoms with van der Waals surface area (Å²) in [6, 6.07) is 9.52. The van der Waals surface area contributed by atoms with Gasteiger partial charge in [0, 0.05) is 6.07 Å². The Hall–Kier alpha value is -2.43. The molecule has 0 radical (unpaired) electrons. The number of nitrogens with one attached hydrogen (secondary N) is 1. The van der Waals surface area contributed by atoms with E-state index in [0.717, 1.165) is 12.1 Å². The van der Waals surface area contributed by atoms with Gasteiger partial charge in [-0.15, -0.1) is 0 Å². The monoisotopic (exact) mass is 263 g/mol. The first kappa shape index (κ1) is 13.0. The normalized spacial score (nSPS) is 10.1. The molecule has 0 spiro atoms. The molecule has 0 aliphatic heterocycles. The molecule has 0 aliphatic carbocycles. The Kier molecular flexibility index (Phi) is 3.75. The number of halogens is 2. The number of hydrogen-bond acceptors (Lipinski definition) is 2. The molecule has 19 heavy (non-hydrogen) atoms. The summed E-state index contributed by atoms with van der Waals surface area (Å²) in [6.07, 6.45) is 0. The molecule has 0 saturated carbocycles. The SMILES string of the molecule is COc1ccccc1NC(=O)c1ccc(F)cc1F. The number of carbonyl (C=O) groups excluding carboxylic acids is 1. The van der Waals surface area contributed by atoms with Gasteiger partial charge in [0.25, 0.3) is 5.91 Å². The van der Waals surface area contributed by atoms with Crippen LogP contribution in [0.4, 0.5) is 14.5 Å². The second-order valence-corrected chi connectivity index (χ2v) is 3.78. The minimum absolute atomic E-state index is 0.229. The number of anilines is 1. The summed E-state index contributed by atoms with van der Waals surface area (Å²) in [5.41, 5.74) is 0.186. The van der Waals surface area contributed by atoms with Crippen molar-refractivity contribution in [2.75, 3.05) is 12.4 Å². The Morgan fingerprint density at radius 2 is 1.89 bits per heavy atom. The molecule has 1 amide bonds. The van der Waals surface area contributed by atoms with E-state index in [-0.39, 0.29) is 5.56 Å². The smallest absolute Gasteiger partial charge is 0.258 e. The molecule has 0 unspecified atom stereocenters. The second-order valence-electron chi connectivity index (χ2n) is 3.78. The topological polar surface area (TPSA) is 38.3 Å². The number of hydrogen-bond donors (Lipinski definition) is 1. The molecule has 1 N–H and O–H groups in total. The standard InChI is InChI=1S/C14H11F2NO2/c1-19-13-5-3-2-4-12(13)17-14(18)10-7-6-9(15)8-11(10)16/h2-8H,1H3,(H,17,18). The van der Waals surface area contributed by atoms with Gasteiger partial charge in [-0.3, -0.25) is 4.79 Å². The van der Waals surface area contributed by atoms with Crippen LogP contribution in [0.2, 0.25) is 0 Å². The summed E-state index contributed by atoms with van der Waals surface area (Å²) < 4.78 is 31.3. The summed E-state index contributed by atoms with van der Waals surface area (Å²) in [4.78, 5) is 11.9. The van der Waals surface area contributed by atoms with E-state index >= 15 is 0 Å². The fourth-order valence-electron chi connectivity index (χ4n) is 1.61. The number of carbonyl (C=O) groups is 1. The van der Waals surface area contributed by atoms with Crippen molar-refractivity contribution in [1.29, 1.82) is 0 Å². The van der Waals surface area contributed by atoms with E-state index in [9.17, 15) is 13.6 Å². The molecular formula is C14H11F2NO2. The lowest BCUT2D eigenvalue weighted by Crippen LogP contribution is -2.14. The molecular weight excluding hydrogens is 252 g/mol.